The Kier molecular flexibility index (Phi) is 3.80. The van der Waals surface area contributed by atoms with Gasteiger partial charge in [0, 0.05) is 6.04 Å². The van der Waals surface area contributed by atoms with Crippen LogP contribution in [0.3, 0.4) is 0 Å². The summed E-state index contributed by atoms with van der Waals surface area (Å²) in [7, 11) is 1.70. The Morgan fingerprint density at radius 3 is 2.58 bits per heavy atom. The molecule has 0 bridgehead atoms. The second-order valence-corrected chi connectivity index (χ2v) is 5.74. The highest BCUT2D eigenvalue weighted by molar-refractivity contribution is 5.83. The predicted molar refractivity (Wildman–Crippen MR) is 75.2 cm³/mol. The van der Waals surface area contributed by atoms with Gasteiger partial charge >= 0.3 is 0 Å². The summed E-state index contributed by atoms with van der Waals surface area (Å²) in [5.41, 5.74) is 5.97. The van der Waals surface area contributed by atoms with Crippen LogP contribution in [0.4, 0.5) is 0 Å². The average molecular weight is 262 g/mol. The van der Waals surface area contributed by atoms with E-state index in [9.17, 15) is 4.79 Å². The Labute approximate surface area is 114 Å². The lowest BCUT2D eigenvalue weighted by Crippen LogP contribution is -2.57. The van der Waals surface area contributed by atoms with Crippen molar-refractivity contribution in [3.63, 3.8) is 0 Å². The maximum atomic E-state index is 11.3. The Morgan fingerprint density at radius 1 is 1.37 bits per heavy atom. The summed E-state index contributed by atoms with van der Waals surface area (Å²) in [6.07, 6.45) is 2.02. The van der Waals surface area contributed by atoms with Gasteiger partial charge in [-0.1, -0.05) is 18.2 Å². The van der Waals surface area contributed by atoms with Gasteiger partial charge in [0.15, 0.2) is 0 Å². The van der Waals surface area contributed by atoms with Gasteiger partial charge in [0.2, 0.25) is 5.91 Å². The lowest BCUT2D eigenvalue weighted by Gasteiger charge is -2.40. The van der Waals surface area contributed by atoms with Crippen LogP contribution in [0, 0.1) is 0 Å². The van der Waals surface area contributed by atoms with E-state index >= 15 is 0 Å². The number of methoxy groups -OCH3 is 1. The van der Waals surface area contributed by atoms with E-state index in [-0.39, 0.29) is 5.91 Å². The van der Waals surface area contributed by atoms with Crippen molar-refractivity contribution < 1.29 is 9.53 Å². The number of ether oxygens (including phenoxy) is 1. The summed E-state index contributed by atoms with van der Waals surface area (Å²) in [5.74, 6) is 1.13. The Morgan fingerprint density at radius 2 is 2.00 bits per heavy atom. The molecular weight excluding hydrogens is 240 g/mol. The minimum absolute atomic E-state index is 0.312. The minimum Gasteiger partial charge on any atom is -0.496 e. The summed E-state index contributed by atoms with van der Waals surface area (Å²) in [5, 5.41) is 3.31. The van der Waals surface area contributed by atoms with Gasteiger partial charge in [0.25, 0.3) is 0 Å². The molecule has 1 fully saturated rings. The standard InChI is InChI=1S/C15H22N2O2/c1-15(2,14(16)18)17-11-8-10(9-11)12-6-4-5-7-13(12)19-3/h4-7,10-11,17H,8-9H2,1-3H3,(H2,16,18). The molecule has 0 spiro atoms. The van der Waals surface area contributed by atoms with Gasteiger partial charge in [0.05, 0.1) is 12.6 Å². The molecule has 1 aliphatic rings. The topological polar surface area (TPSA) is 64.3 Å². The molecule has 0 radical (unpaired) electrons. The first-order valence-corrected chi connectivity index (χ1v) is 6.64. The molecule has 0 aromatic heterocycles. The second kappa shape index (κ2) is 5.21. The van der Waals surface area contributed by atoms with E-state index in [4.69, 9.17) is 10.5 Å². The summed E-state index contributed by atoms with van der Waals surface area (Å²) < 4.78 is 5.38. The highest BCUT2D eigenvalue weighted by atomic mass is 16.5. The number of nitrogens with one attached hydrogen (secondary N) is 1. The van der Waals surface area contributed by atoms with Gasteiger partial charge in [-0.2, -0.15) is 0 Å². The van der Waals surface area contributed by atoms with Gasteiger partial charge in [-0.25, -0.2) is 0 Å². The lowest BCUT2D eigenvalue weighted by atomic mass is 9.74. The first-order chi connectivity index (χ1) is 8.94. The van der Waals surface area contributed by atoms with Crippen molar-refractivity contribution in [3.8, 4) is 5.75 Å². The third kappa shape index (κ3) is 2.89. The van der Waals surface area contributed by atoms with E-state index in [2.05, 4.69) is 11.4 Å². The van der Waals surface area contributed by atoms with Crippen molar-refractivity contribution in [1.82, 2.24) is 5.32 Å². The summed E-state index contributed by atoms with van der Waals surface area (Å²) in [6.45, 7) is 3.65. The average Bonchev–Trinajstić information content (AvgIpc) is 2.33. The zero-order valence-electron chi connectivity index (χ0n) is 11.8. The molecule has 1 amide bonds. The number of primary amides is 1. The molecule has 3 N–H and O–H groups in total. The minimum atomic E-state index is -0.642. The van der Waals surface area contributed by atoms with Crippen molar-refractivity contribution in [2.45, 2.75) is 44.2 Å². The summed E-state index contributed by atoms with van der Waals surface area (Å²) >= 11 is 0. The molecule has 1 aromatic rings. The number of hydrogen-bond acceptors (Lipinski definition) is 3. The van der Waals surface area contributed by atoms with E-state index in [1.165, 1.54) is 5.56 Å². The molecule has 0 unspecified atom stereocenters. The highest BCUT2D eigenvalue weighted by Gasteiger charge is 2.36. The van der Waals surface area contributed by atoms with Gasteiger partial charge < -0.3 is 15.8 Å². The number of benzene rings is 1. The Balaban J connectivity index is 1.95. The van der Waals surface area contributed by atoms with Crippen LogP contribution in [0.2, 0.25) is 0 Å². The molecular formula is C15H22N2O2. The van der Waals surface area contributed by atoms with Crippen LogP contribution in [0.25, 0.3) is 0 Å². The van der Waals surface area contributed by atoms with Crippen LogP contribution in [0.5, 0.6) is 5.75 Å². The number of nitrogens with two attached hydrogens (primary N) is 1. The van der Waals surface area contributed by atoms with Crippen LogP contribution >= 0.6 is 0 Å². The van der Waals surface area contributed by atoms with E-state index in [1.807, 2.05) is 32.0 Å². The smallest absolute Gasteiger partial charge is 0.237 e. The molecule has 4 heteroatoms. The zero-order chi connectivity index (χ0) is 14.0. The number of para-hydroxylation sites is 1. The molecule has 1 aromatic carbocycles. The van der Waals surface area contributed by atoms with Crippen LogP contribution in [-0.4, -0.2) is 24.6 Å². The zero-order valence-corrected chi connectivity index (χ0v) is 11.8. The molecule has 4 nitrogen and oxygen atoms in total. The van der Waals surface area contributed by atoms with E-state index in [0.29, 0.717) is 12.0 Å². The van der Waals surface area contributed by atoms with Gasteiger partial charge in [0.1, 0.15) is 5.75 Å². The molecule has 0 atom stereocenters. The maximum Gasteiger partial charge on any atom is 0.237 e. The fourth-order valence-electron chi connectivity index (χ4n) is 2.57. The van der Waals surface area contributed by atoms with Crippen LogP contribution in [-0.2, 0) is 4.79 Å². The molecule has 2 rings (SSSR count). The second-order valence-electron chi connectivity index (χ2n) is 5.74. The van der Waals surface area contributed by atoms with Gasteiger partial charge in [-0.15, -0.1) is 0 Å². The van der Waals surface area contributed by atoms with Crippen molar-refractivity contribution >= 4 is 5.91 Å². The molecule has 104 valence electrons. The lowest BCUT2D eigenvalue weighted by molar-refractivity contribution is -0.123. The molecule has 0 saturated heterocycles. The number of hydrogen-bond donors (Lipinski definition) is 2. The van der Waals surface area contributed by atoms with Crippen molar-refractivity contribution in [2.24, 2.45) is 5.73 Å². The first kappa shape index (κ1) is 13.9. The normalized spacial score (nSPS) is 22.7. The third-order valence-electron chi connectivity index (χ3n) is 3.90. The van der Waals surface area contributed by atoms with Gasteiger partial charge in [-0.05, 0) is 44.2 Å². The third-order valence-corrected chi connectivity index (χ3v) is 3.90. The molecule has 0 aliphatic heterocycles. The fourth-order valence-corrected chi connectivity index (χ4v) is 2.57. The predicted octanol–water partition coefficient (Wildman–Crippen LogP) is 1.79. The fraction of sp³-hybridized carbons (Fsp3) is 0.533. The van der Waals surface area contributed by atoms with Crippen molar-refractivity contribution in [3.05, 3.63) is 29.8 Å². The Bertz CT molecular complexity index is 465. The van der Waals surface area contributed by atoms with Gasteiger partial charge in [-0.3, -0.25) is 4.79 Å². The van der Waals surface area contributed by atoms with E-state index in [0.717, 1.165) is 18.6 Å². The Hall–Kier alpha value is -1.55. The van der Waals surface area contributed by atoms with Crippen LogP contribution in [0.15, 0.2) is 24.3 Å². The van der Waals surface area contributed by atoms with E-state index in [1.54, 1.807) is 7.11 Å². The van der Waals surface area contributed by atoms with E-state index < -0.39 is 5.54 Å². The highest BCUT2D eigenvalue weighted by Crippen LogP contribution is 2.41. The molecule has 1 aliphatic carbocycles. The maximum absolute atomic E-state index is 11.3. The number of carbonyl (C=O) groups is 1. The summed E-state index contributed by atoms with van der Waals surface area (Å²) in [4.78, 5) is 11.3. The largest absolute Gasteiger partial charge is 0.496 e. The van der Waals surface area contributed by atoms with Crippen LogP contribution < -0.4 is 15.8 Å². The molecule has 19 heavy (non-hydrogen) atoms. The monoisotopic (exact) mass is 262 g/mol. The number of carbonyl (C=O) groups excluding carboxylic acids is 1. The van der Waals surface area contributed by atoms with Crippen molar-refractivity contribution in [1.29, 1.82) is 0 Å². The number of amides is 1. The molecule has 0 heterocycles. The summed E-state index contributed by atoms with van der Waals surface area (Å²) in [6, 6.07) is 8.46. The quantitative estimate of drug-likeness (QED) is 0.850. The first-order valence-electron chi connectivity index (χ1n) is 6.64. The SMILES string of the molecule is COc1ccccc1C1CC(NC(C)(C)C(N)=O)C1. The van der Waals surface area contributed by atoms with Crippen molar-refractivity contribution in [2.75, 3.05) is 7.11 Å². The number of rotatable bonds is 5. The molecule has 1 saturated carbocycles. The van der Waals surface area contributed by atoms with Crippen LogP contribution in [0.1, 0.15) is 38.2 Å².